The fourth-order valence-corrected chi connectivity index (χ4v) is 2.01. The van der Waals surface area contributed by atoms with E-state index in [1.807, 2.05) is 31.2 Å². The van der Waals surface area contributed by atoms with Gasteiger partial charge in [-0.3, -0.25) is 4.79 Å². The fourth-order valence-electron chi connectivity index (χ4n) is 2.01. The molecule has 0 atom stereocenters. The largest absolute Gasteiger partial charge is 0.492 e. The summed E-state index contributed by atoms with van der Waals surface area (Å²) in [4.78, 5) is 13.6. The van der Waals surface area contributed by atoms with Crippen molar-refractivity contribution < 1.29 is 9.53 Å². The van der Waals surface area contributed by atoms with E-state index in [4.69, 9.17) is 4.74 Å². The van der Waals surface area contributed by atoms with Gasteiger partial charge in [0.25, 0.3) is 0 Å². The molecule has 1 aromatic carbocycles. The molecule has 1 fully saturated rings. The molecule has 0 unspecified atom stereocenters. The third-order valence-electron chi connectivity index (χ3n) is 2.77. The lowest BCUT2D eigenvalue weighted by Crippen LogP contribution is -2.33. The van der Waals surface area contributed by atoms with Gasteiger partial charge in [-0.2, -0.15) is 0 Å². The third kappa shape index (κ3) is 2.90. The number of rotatable bonds is 3. The third-order valence-corrected chi connectivity index (χ3v) is 2.77. The normalized spacial score (nSPS) is 16.3. The van der Waals surface area contributed by atoms with E-state index in [1.165, 1.54) is 0 Å². The maximum absolute atomic E-state index is 11.5. The van der Waals surface area contributed by atoms with Crippen LogP contribution in [-0.2, 0) is 4.79 Å². The first-order valence-electron chi connectivity index (χ1n) is 6.04. The van der Waals surface area contributed by atoms with Gasteiger partial charge >= 0.3 is 0 Å². The highest BCUT2D eigenvalue weighted by Crippen LogP contribution is 2.28. The maximum atomic E-state index is 11.5. The molecule has 0 aliphatic carbocycles. The molecule has 4 heteroatoms. The van der Waals surface area contributed by atoms with Crippen LogP contribution >= 0.6 is 0 Å². The van der Waals surface area contributed by atoms with Gasteiger partial charge in [-0.1, -0.05) is 12.1 Å². The highest BCUT2D eigenvalue weighted by atomic mass is 16.5. The lowest BCUT2D eigenvalue weighted by Gasteiger charge is -2.23. The van der Waals surface area contributed by atoms with Crippen molar-refractivity contribution in [1.29, 1.82) is 0 Å². The van der Waals surface area contributed by atoms with Gasteiger partial charge in [-0.05, 0) is 25.5 Å². The van der Waals surface area contributed by atoms with E-state index in [-0.39, 0.29) is 5.91 Å². The van der Waals surface area contributed by atoms with Crippen molar-refractivity contribution in [2.45, 2.75) is 13.3 Å². The predicted molar refractivity (Wildman–Crippen MR) is 67.5 cm³/mol. The van der Waals surface area contributed by atoms with Gasteiger partial charge in [0.1, 0.15) is 5.75 Å². The molecule has 4 nitrogen and oxygen atoms in total. The minimum absolute atomic E-state index is 0.0776. The minimum atomic E-state index is 0.0776. The predicted octanol–water partition coefficient (Wildman–Crippen LogP) is 1.41. The molecule has 92 valence electrons. The van der Waals surface area contributed by atoms with Crippen molar-refractivity contribution >= 4 is 11.6 Å². The molecule has 0 radical (unpaired) electrons. The Kier molecular flexibility index (Phi) is 3.85. The lowest BCUT2D eigenvalue weighted by atomic mass is 10.2. The van der Waals surface area contributed by atoms with Gasteiger partial charge < -0.3 is 15.0 Å². The van der Waals surface area contributed by atoms with Gasteiger partial charge in [0.15, 0.2) is 0 Å². The van der Waals surface area contributed by atoms with Crippen LogP contribution in [0.25, 0.3) is 0 Å². The number of carbonyl (C=O) groups is 1. The van der Waals surface area contributed by atoms with Gasteiger partial charge in [0.05, 0.1) is 18.8 Å². The molecule has 0 bridgehead atoms. The zero-order valence-corrected chi connectivity index (χ0v) is 10.1. The number of anilines is 1. The molecular formula is C13H18N2O2. The first kappa shape index (κ1) is 11.8. The van der Waals surface area contributed by atoms with E-state index in [0.29, 0.717) is 13.2 Å². The molecule has 0 saturated carbocycles. The second-order valence-corrected chi connectivity index (χ2v) is 4.03. The van der Waals surface area contributed by atoms with Gasteiger partial charge in [-0.25, -0.2) is 0 Å². The van der Waals surface area contributed by atoms with E-state index in [2.05, 4.69) is 10.2 Å². The number of ether oxygens (including phenoxy) is 1. The first-order valence-corrected chi connectivity index (χ1v) is 6.04. The highest BCUT2D eigenvalue weighted by Gasteiger charge is 2.17. The van der Waals surface area contributed by atoms with Crippen LogP contribution in [0.2, 0.25) is 0 Å². The monoisotopic (exact) mass is 234 g/mol. The summed E-state index contributed by atoms with van der Waals surface area (Å²) in [6.07, 6.45) is 0.964. The molecule has 2 rings (SSSR count). The van der Waals surface area contributed by atoms with Crippen molar-refractivity contribution in [1.82, 2.24) is 5.32 Å². The van der Waals surface area contributed by atoms with E-state index < -0.39 is 0 Å². The van der Waals surface area contributed by atoms with Gasteiger partial charge in [0.2, 0.25) is 5.91 Å². The summed E-state index contributed by atoms with van der Waals surface area (Å²) in [5.41, 5.74) is 1.01. The van der Waals surface area contributed by atoms with Crippen LogP contribution in [0, 0.1) is 0 Å². The molecule has 1 aliphatic rings. The average Bonchev–Trinajstić information content (AvgIpc) is 2.55. The summed E-state index contributed by atoms with van der Waals surface area (Å²) in [6.45, 7) is 4.64. The lowest BCUT2D eigenvalue weighted by molar-refractivity contribution is -0.119. The topological polar surface area (TPSA) is 41.6 Å². The number of nitrogens with one attached hydrogen (secondary N) is 1. The van der Waals surface area contributed by atoms with Crippen LogP contribution in [0.15, 0.2) is 24.3 Å². The molecule has 1 heterocycles. The van der Waals surface area contributed by atoms with E-state index >= 15 is 0 Å². The molecule has 1 aliphatic heterocycles. The molecule has 0 spiro atoms. The summed E-state index contributed by atoms with van der Waals surface area (Å²) < 4.78 is 5.59. The zero-order chi connectivity index (χ0) is 12.1. The van der Waals surface area contributed by atoms with Crippen molar-refractivity contribution in [2.24, 2.45) is 0 Å². The van der Waals surface area contributed by atoms with Crippen molar-refractivity contribution in [3.8, 4) is 5.75 Å². The van der Waals surface area contributed by atoms with Crippen LogP contribution < -0.4 is 15.0 Å². The number of carbonyl (C=O) groups excluding carboxylic acids is 1. The Bertz CT molecular complexity index is 393. The van der Waals surface area contributed by atoms with Gasteiger partial charge in [0, 0.05) is 13.1 Å². The SMILES string of the molecule is CCOc1ccccc1N1CCCNC(=O)C1. The van der Waals surface area contributed by atoms with Crippen LogP contribution in [0.1, 0.15) is 13.3 Å². The number of amides is 1. The Balaban J connectivity index is 2.22. The molecule has 1 N–H and O–H groups in total. The maximum Gasteiger partial charge on any atom is 0.239 e. The van der Waals surface area contributed by atoms with E-state index in [9.17, 15) is 4.79 Å². The molecular weight excluding hydrogens is 216 g/mol. The summed E-state index contributed by atoms with van der Waals surface area (Å²) in [7, 11) is 0. The quantitative estimate of drug-likeness (QED) is 0.859. The highest BCUT2D eigenvalue weighted by molar-refractivity contribution is 5.82. The van der Waals surface area contributed by atoms with Crippen molar-refractivity contribution in [3.05, 3.63) is 24.3 Å². The summed E-state index contributed by atoms with van der Waals surface area (Å²) in [5, 5.41) is 2.87. The molecule has 0 aromatic heterocycles. The van der Waals surface area contributed by atoms with Crippen LogP contribution in [0.3, 0.4) is 0 Å². The molecule has 1 amide bonds. The second-order valence-electron chi connectivity index (χ2n) is 4.03. The standard InChI is InChI=1S/C13H18N2O2/c1-2-17-12-7-4-3-6-11(12)15-9-5-8-14-13(16)10-15/h3-4,6-7H,2,5,8-10H2,1H3,(H,14,16). The summed E-state index contributed by atoms with van der Waals surface area (Å²) >= 11 is 0. The Morgan fingerprint density at radius 2 is 2.24 bits per heavy atom. The van der Waals surface area contributed by atoms with Gasteiger partial charge in [-0.15, -0.1) is 0 Å². The van der Waals surface area contributed by atoms with Crippen LogP contribution in [0.4, 0.5) is 5.69 Å². The summed E-state index contributed by atoms with van der Waals surface area (Å²) in [5.74, 6) is 0.929. The minimum Gasteiger partial charge on any atom is -0.492 e. The number of hydrogen-bond donors (Lipinski definition) is 1. The summed E-state index contributed by atoms with van der Waals surface area (Å²) in [6, 6.07) is 7.87. The smallest absolute Gasteiger partial charge is 0.239 e. The van der Waals surface area contributed by atoms with Crippen LogP contribution in [-0.4, -0.2) is 32.1 Å². The Morgan fingerprint density at radius 1 is 1.41 bits per heavy atom. The number of para-hydroxylation sites is 2. The van der Waals surface area contributed by atoms with Crippen molar-refractivity contribution in [2.75, 3.05) is 31.1 Å². The number of benzene rings is 1. The van der Waals surface area contributed by atoms with E-state index in [1.54, 1.807) is 0 Å². The van der Waals surface area contributed by atoms with Crippen molar-refractivity contribution in [3.63, 3.8) is 0 Å². The first-order chi connectivity index (χ1) is 8.31. The Morgan fingerprint density at radius 3 is 3.06 bits per heavy atom. The molecule has 1 aromatic rings. The average molecular weight is 234 g/mol. The van der Waals surface area contributed by atoms with E-state index in [0.717, 1.165) is 30.9 Å². The number of nitrogens with zero attached hydrogens (tertiary/aromatic N) is 1. The number of hydrogen-bond acceptors (Lipinski definition) is 3. The van der Waals surface area contributed by atoms with Crippen LogP contribution in [0.5, 0.6) is 5.75 Å². The zero-order valence-electron chi connectivity index (χ0n) is 10.1. The second kappa shape index (κ2) is 5.57. The Labute approximate surface area is 102 Å². The molecule has 1 saturated heterocycles. The fraction of sp³-hybridized carbons (Fsp3) is 0.462. The Hall–Kier alpha value is -1.71. The molecule has 17 heavy (non-hydrogen) atoms.